The third kappa shape index (κ3) is 4.12. The molecule has 2 N–H and O–H groups in total. The Hall–Kier alpha value is -1.73. The van der Waals surface area contributed by atoms with Gasteiger partial charge in [-0.25, -0.2) is 4.98 Å². The maximum Gasteiger partial charge on any atom is 0.300 e. The van der Waals surface area contributed by atoms with Crippen molar-refractivity contribution in [3.63, 3.8) is 0 Å². The number of hydrogen-bond donors (Lipinski definition) is 2. The van der Waals surface area contributed by atoms with Gasteiger partial charge in [0.25, 0.3) is 11.6 Å². The van der Waals surface area contributed by atoms with Crippen molar-refractivity contribution in [3.8, 4) is 0 Å². The van der Waals surface area contributed by atoms with Gasteiger partial charge < -0.3 is 10.4 Å². The van der Waals surface area contributed by atoms with Gasteiger partial charge in [-0.2, -0.15) is 0 Å². The highest BCUT2D eigenvalue weighted by molar-refractivity contribution is 6.29. The van der Waals surface area contributed by atoms with Crippen molar-refractivity contribution < 1.29 is 14.8 Å². The highest BCUT2D eigenvalue weighted by atomic mass is 35.5. The van der Waals surface area contributed by atoms with E-state index in [9.17, 15) is 20.0 Å². The fraction of sp³-hybridized carbons (Fsp3) is 0.538. The number of pyridine rings is 1. The predicted octanol–water partition coefficient (Wildman–Crippen LogP) is 1.92. The number of amides is 1. The topological polar surface area (TPSA) is 105 Å². The van der Waals surface area contributed by atoms with Gasteiger partial charge in [-0.1, -0.05) is 11.6 Å². The van der Waals surface area contributed by atoms with Crippen LogP contribution in [0.4, 0.5) is 5.69 Å². The number of aliphatic hydroxyl groups excluding tert-OH is 1. The Labute approximate surface area is 126 Å². The van der Waals surface area contributed by atoms with Crippen molar-refractivity contribution in [1.82, 2.24) is 10.3 Å². The van der Waals surface area contributed by atoms with Crippen LogP contribution in [-0.4, -0.2) is 33.6 Å². The molecule has 1 saturated carbocycles. The number of nitrogens with zero attached hydrogens (tertiary/aromatic N) is 2. The van der Waals surface area contributed by atoms with Crippen molar-refractivity contribution in [2.75, 3.05) is 6.54 Å². The van der Waals surface area contributed by atoms with Gasteiger partial charge in [0, 0.05) is 6.54 Å². The molecule has 1 aliphatic rings. The smallest absolute Gasteiger partial charge is 0.300 e. The molecule has 1 aromatic rings. The first-order chi connectivity index (χ1) is 9.97. The molecule has 0 spiro atoms. The molecule has 0 saturated heterocycles. The van der Waals surface area contributed by atoms with Gasteiger partial charge in [0.1, 0.15) is 16.9 Å². The monoisotopic (exact) mass is 313 g/mol. The van der Waals surface area contributed by atoms with E-state index >= 15 is 0 Å². The van der Waals surface area contributed by atoms with E-state index in [2.05, 4.69) is 10.3 Å². The number of nitro groups is 1. The number of hydrogen-bond acceptors (Lipinski definition) is 5. The minimum atomic E-state index is -0.658. The highest BCUT2D eigenvalue weighted by Crippen LogP contribution is 2.24. The normalized spacial score (nSPS) is 21.8. The zero-order valence-electron chi connectivity index (χ0n) is 11.3. The van der Waals surface area contributed by atoms with Crippen LogP contribution in [0.25, 0.3) is 0 Å². The molecule has 0 aliphatic heterocycles. The van der Waals surface area contributed by atoms with E-state index in [4.69, 9.17) is 11.6 Å². The summed E-state index contributed by atoms with van der Waals surface area (Å²) in [6.45, 7) is 0.433. The average molecular weight is 314 g/mol. The third-order valence-electron chi connectivity index (χ3n) is 3.66. The van der Waals surface area contributed by atoms with Crippen molar-refractivity contribution in [1.29, 1.82) is 0 Å². The average Bonchev–Trinajstić information content (AvgIpc) is 2.46. The van der Waals surface area contributed by atoms with Gasteiger partial charge in [0.2, 0.25) is 0 Å². The predicted molar refractivity (Wildman–Crippen MR) is 76.2 cm³/mol. The molecule has 0 unspecified atom stereocenters. The van der Waals surface area contributed by atoms with Crippen molar-refractivity contribution in [3.05, 3.63) is 33.1 Å². The summed E-state index contributed by atoms with van der Waals surface area (Å²) in [6.07, 6.45) is 3.84. The summed E-state index contributed by atoms with van der Waals surface area (Å²) in [6, 6.07) is 1.19. The van der Waals surface area contributed by atoms with Crippen LogP contribution in [0.1, 0.15) is 36.0 Å². The SMILES string of the molecule is O=C(NCC1CCC(O)CC1)c1cc(Cl)ncc1[N+](=O)[O-]. The minimum absolute atomic E-state index is 0.0338. The molecular formula is C13H16ClN3O4. The van der Waals surface area contributed by atoms with Crippen LogP contribution in [0.5, 0.6) is 0 Å². The fourth-order valence-corrected chi connectivity index (χ4v) is 2.59. The first-order valence-electron chi connectivity index (χ1n) is 6.73. The van der Waals surface area contributed by atoms with Gasteiger partial charge in [-0.15, -0.1) is 0 Å². The number of carbonyl (C=O) groups excluding carboxylic acids is 1. The molecule has 1 fully saturated rings. The second-order valence-electron chi connectivity index (χ2n) is 5.17. The van der Waals surface area contributed by atoms with Gasteiger partial charge in [-0.05, 0) is 37.7 Å². The summed E-state index contributed by atoms with van der Waals surface area (Å²) < 4.78 is 0. The van der Waals surface area contributed by atoms with Gasteiger partial charge in [0.15, 0.2) is 0 Å². The van der Waals surface area contributed by atoms with E-state index in [-0.39, 0.29) is 28.4 Å². The summed E-state index contributed by atoms with van der Waals surface area (Å²) in [5, 5.41) is 23.0. The standard InChI is InChI=1S/C13H16ClN3O4/c14-12-5-10(11(7-15-12)17(20)21)13(19)16-6-8-1-3-9(18)4-2-8/h5,7-9,18H,1-4,6H2,(H,16,19). The van der Waals surface area contributed by atoms with E-state index in [0.717, 1.165) is 31.9 Å². The number of rotatable bonds is 4. The maximum absolute atomic E-state index is 12.1. The molecule has 114 valence electrons. The molecule has 8 heteroatoms. The lowest BCUT2D eigenvalue weighted by atomic mass is 9.87. The number of aliphatic hydroxyl groups is 1. The molecule has 1 amide bonds. The van der Waals surface area contributed by atoms with Crippen molar-refractivity contribution in [2.45, 2.75) is 31.8 Å². The Morgan fingerprint density at radius 1 is 1.48 bits per heavy atom. The Bertz CT molecular complexity index is 544. The van der Waals surface area contributed by atoms with Gasteiger partial charge in [0.05, 0.1) is 11.0 Å². The first kappa shape index (κ1) is 15.7. The molecule has 0 atom stereocenters. The maximum atomic E-state index is 12.1. The lowest BCUT2D eigenvalue weighted by molar-refractivity contribution is -0.385. The summed E-state index contributed by atoms with van der Waals surface area (Å²) in [4.78, 5) is 25.9. The summed E-state index contributed by atoms with van der Waals surface area (Å²) in [5.74, 6) is -0.245. The van der Waals surface area contributed by atoms with Crippen LogP contribution < -0.4 is 5.32 Å². The molecule has 0 aromatic carbocycles. The minimum Gasteiger partial charge on any atom is -0.393 e. The lowest BCUT2D eigenvalue weighted by Gasteiger charge is -2.25. The summed E-state index contributed by atoms with van der Waals surface area (Å²) >= 11 is 5.69. The molecule has 1 aromatic heterocycles. The third-order valence-corrected chi connectivity index (χ3v) is 3.87. The van der Waals surface area contributed by atoms with Crippen LogP contribution in [0.2, 0.25) is 5.15 Å². The zero-order chi connectivity index (χ0) is 15.4. The number of nitrogens with one attached hydrogen (secondary N) is 1. The molecule has 1 heterocycles. The molecule has 0 radical (unpaired) electrons. The van der Waals surface area contributed by atoms with Crippen LogP contribution in [-0.2, 0) is 0 Å². The molecular weight excluding hydrogens is 298 g/mol. The Kier molecular flexibility index (Phi) is 5.08. The lowest BCUT2D eigenvalue weighted by Crippen LogP contribution is -2.32. The Morgan fingerprint density at radius 3 is 2.76 bits per heavy atom. The van der Waals surface area contributed by atoms with E-state index in [1.165, 1.54) is 6.07 Å². The van der Waals surface area contributed by atoms with Gasteiger partial charge in [-0.3, -0.25) is 14.9 Å². The van der Waals surface area contributed by atoms with E-state index in [0.29, 0.717) is 6.54 Å². The molecule has 0 bridgehead atoms. The fourth-order valence-electron chi connectivity index (χ4n) is 2.43. The Morgan fingerprint density at radius 2 is 2.14 bits per heavy atom. The second kappa shape index (κ2) is 6.82. The van der Waals surface area contributed by atoms with E-state index < -0.39 is 10.8 Å². The largest absolute Gasteiger partial charge is 0.393 e. The quantitative estimate of drug-likeness (QED) is 0.502. The van der Waals surface area contributed by atoms with Crippen LogP contribution >= 0.6 is 11.6 Å². The second-order valence-corrected chi connectivity index (χ2v) is 5.55. The van der Waals surface area contributed by atoms with Crippen molar-refractivity contribution >= 4 is 23.2 Å². The van der Waals surface area contributed by atoms with E-state index in [1.54, 1.807) is 0 Å². The molecule has 21 heavy (non-hydrogen) atoms. The number of aromatic nitrogens is 1. The van der Waals surface area contributed by atoms with Crippen LogP contribution in [0.3, 0.4) is 0 Å². The molecule has 1 aliphatic carbocycles. The first-order valence-corrected chi connectivity index (χ1v) is 7.11. The van der Waals surface area contributed by atoms with E-state index in [1.807, 2.05) is 0 Å². The summed E-state index contributed by atoms with van der Waals surface area (Å²) in [5.41, 5.74) is -0.452. The Balaban J connectivity index is 2.00. The summed E-state index contributed by atoms with van der Waals surface area (Å²) in [7, 11) is 0. The zero-order valence-corrected chi connectivity index (χ0v) is 12.0. The number of carbonyl (C=O) groups is 1. The molecule has 2 rings (SSSR count). The van der Waals surface area contributed by atoms with Crippen LogP contribution in [0, 0.1) is 16.0 Å². The highest BCUT2D eigenvalue weighted by Gasteiger charge is 2.23. The van der Waals surface area contributed by atoms with Crippen LogP contribution in [0.15, 0.2) is 12.3 Å². The van der Waals surface area contributed by atoms with Gasteiger partial charge >= 0.3 is 0 Å². The number of halogens is 1. The van der Waals surface area contributed by atoms with Crippen molar-refractivity contribution in [2.24, 2.45) is 5.92 Å². The molecule has 7 nitrogen and oxygen atoms in total.